The second kappa shape index (κ2) is 13.4. The molecule has 0 rings (SSSR count). The lowest BCUT2D eigenvalue weighted by molar-refractivity contribution is 0.325. The Morgan fingerprint density at radius 1 is 0.778 bits per heavy atom. The molecule has 2 nitrogen and oxygen atoms in total. The van der Waals surface area contributed by atoms with Crippen molar-refractivity contribution in [3.05, 3.63) is 5.21 Å². The lowest BCUT2D eigenvalue weighted by Crippen LogP contribution is -2.22. The molecule has 2 heteroatoms. The Morgan fingerprint density at radius 2 is 1.17 bits per heavy atom. The smallest absolute Gasteiger partial charge is 0.00570 e. The van der Waals surface area contributed by atoms with Crippen molar-refractivity contribution in [3.8, 4) is 0 Å². The fourth-order valence-corrected chi connectivity index (χ4v) is 2.29. The van der Waals surface area contributed by atoms with E-state index in [1.165, 1.54) is 70.6 Å². The Labute approximate surface area is 115 Å². The summed E-state index contributed by atoms with van der Waals surface area (Å²) in [5.41, 5.74) is 0. The summed E-state index contributed by atoms with van der Waals surface area (Å²) in [6.45, 7) is 4.29. The van der Waals surface area contributed by atoms with Crippen molar-refractivity contribution >= 4 is 0 Å². The van der Waals surface area contributed by atoms with Crippen molar-refractivity contribution in [2.45, 2.75) is 96.9 Å². The van der Waals surface area contributed by atoms with Gasteiger partial charge in [0.15, 0.2) is 0 Å². The van der Waals surface area contributed by atoms with Gasteiger partial charge in [0.05, 0.1) is 0 Å². The largest absolute Gasteiger partial charge is 0.785 e. The quantitative estimate of drug-likeness (QED) is 0.321. The van der Waals surface area contributed by atoms with E-state index in [1.807, 2.05) is 6.92 Å². The molecule has 1 unspecified atom stereocenters. The molecular weight excluding hydrogens is 222 g/mol. The summed E-state index contributed by atoms with van der Waals surface area (Å²) in [5.74, 6) is 0. The van der Waals surface area contributed by atoms with Crippen molar-refractivity contribution in [1.82, 2.24) is 5.06 Å². The highest BCUT2D eigenvalue weighted by Crippen LogP contribution is 2.13. The van der Waals surface area contributed by atoms with Crippen LogP contribution in [0.3, 0.4) is 0 Å². The summed E-state index contributed by atoms with van der Waals surface area (Å²) in [4.78, 5) is 0. The Hall–Kier alpha value is -0.0800. The Balaban J connectivity index is 3.03. The van der Waals surface area contributed by atoms with Crippen molar-refractivity contribution in [3.63, 3.8) is 0 Å². The third-order valence-electron chi connectivity index (χ3n) is 3.85. The first-order chi connectivity index (χ1) is 8.68. The van der Waals surface area contributed by atoms with Gasteiger partial charge < -0.3 is 10.3 Å². The third kappa shape index (κ3) is 12.4. The van der Waals surface area contributed by atoms with Crippen molar-refractivity contribution in [2.75, 3.05) is 7.05 Å². The third-order valence-corrected chi connectivity index (χ3v) is 3.85. The lowest BCUT2D eigenvalue weighted by atomic mass is 10.0. The van der Waals surface area contributed by atoms with Crippen LogP contribution in [-0.2, 0) is 0 Å². The van der Waals surface area contributed by atoms with Gasteiger partial charge in [0, 0.05) is 0 Å². The van der Waals surface area contributed by atoms with Gasteiger partial charge in [0.25, 0.3) is 0 Å². The van der Waals surface area contributed by atoms with Gasteiger partial charge in [-0.2, -0.15) is 0 Å². The van der Waals surface area contributed by atoms with Gasteiger partial charge in [-0.25, -0.2) is 0 Å². The van der Waals surface area contributed by atoms with E-state index in [0.717, 1.165) is 11.5 Å². The molecule has 0 aliphatic carbocycles. The number of hydroxylamine groups is 2. The average molecular weight is 256 g/mol. The maximum Gasteiger partial charge on any atom is -0.00570 e. The molecule has 0 amide bonds. The molecule has 0 aromatic carbocycles. The number of hydrogen-bond acceptors (Lipinski definition) is 2. The normalized spacial score (nSPS) is 13.2. The fraction of sp³-hybridized carbons (Fsp3) is 1.00. The van der Waals surface area contributed by atoms with Gasteiger partial charge in [0.2, 0.25) is 0 Å². The number of nitrogens with zero attached hydrogens (tertiary/aromatic N) is 1. The van der Waals surface area contributed by atoms with Gasteiger partial charge in [-0.1, -0.05) is 84.5 Å². The molecule has 0 bridgehead atoms. The zero-order chi connectivity index (χ0) is 13.6. The van der Waals surface area contributed by atoms with Crippen LogP contribution >= 0.6 is 0 Å². The second-order valence-electron chi connectivity index (χ2n) is 5.72. The Kier molecular flexibility index (Phi) is 13.3. The summed E-state index contributed by atoms with van der Waals surface area (Å²) < 4.78 is 0. The van der Waals surface area contributed by atoms with E-state index in [-0.39, 0.29) is 6.04 Å². The first kappa shape index (κ1) is 17.9. The van der Waals surface area contributed by atoms with E-state index in [4.69, 9.17) is 0 Å². The molecule has 18 heavy (non-hydrogen) atoms. The van der Waals surface area contributed by atoms with E-state index in [1.54, 1.807) is 7.05 Å². The second-order valence-corrected chi connectivity index (χ2v) is 5.72. The fourth-order valence-electron chi connectivity index (χ4n) is 2.29. The van der Waals surface area contributed by atoms with Crippen LogP contribution < -0.4 is 0 Å². The van der Waals surface area contributed by atoms with E-state index < -0.39 is 0 Å². The molecule has 0 aromatic heterocycles. The molecule has 110 valence electrons. The van der Waals surface area contributed by atoms with Crippen LogP contribution in [-0.4, -0.2) is 18.2 Å². The van der Waals surface area contributed by atoms with Crippen molar-refractivity contribution in [2.24, 2.45) is 0 Å². The molecule has 0 saturated carbocycles. The molecule has 0 aliphatic heterocycles. The number of unbranched alkanes of at least 4 members (excludes halogenated alkanes) is 10. The van der Waals surface area contributed by atoms with Crippen LogP contribution in [0.15, 0.2) is 0 Å². The summed E-state index contributed by atoms with van der Waals surface area (Å²) in [5, 5.41) is 12.1. The van der Waals surface area contributed by atoms with Gasteiger partial charge in [0.1, 0.15) is 0 Å². The SMILES string of the molecule is CCCCCCCCCCCCCC(C)N(C)[O-]. The van der Waals surface area contributed by atoms with Crippen molar-refractivity contribution < 1.29 is 0 Å². The molecule has 0 radical (unpaired) electrons. The highest BCUT2D eigenvalue weighted by molar-refractivity contribution is 4.62. The van der Waals surface area contributed by atoms with Gasteiger partial charge in [-0.3, -0.25) is 0 Å². The highest BCUT2D eigenvalue weighted by atomic mass is 16.5. The predicted octanol–water partition coefficient (Wildman–Crippen LogP) is 5.51. The first-order valence-corrected chi connectivity index (χ1v) is 8.08. The topological polar surface area (TPSA) is 26.3 Å². The van der Waals surface area contributed by atoms with E-state index in [9.17, 15) is 5.21 Å². The molecule has 1 atom stereocenters. The van der Waals surface area contributed by atoms with Crippen LogP contribution in [0, 0.1) is 5.21 Å². The maximum atomic E-state index is 11.0. The Morgan fingerprint density at radius 3 is 1.56 bits per heavy atom. The minimum Gasteiger partial charge on any atom is -0.785 e. The van der Waals surface area contributed by atoms with Crippen molar-refractivity contribution in [1.29, 1.82) is 0 Å². The zero-order valence-corrected chi connectivity index (χ0v) is 12.9. The molecule has 0 aromatic rings. The molecular formula is C16H34NO-. The van der Waals surface area contributed by atoms with Crippen LogP contribution in [0.25, 0.3) is 0 Å². The zero-order valence-electron chi connectivity index (χ0n) is 12.9. The van der Waals surface area contributed by atoms with Crippen LogP contribution in [0.5, 0.6) is 0 Å². The van der Waals surface area contributed by atoms with Crippen LogP contribution in [0.4, 0.5) is 0 Å². The maximum absolute atomic E-state index is 11.0. The summed E-state index contributed by atoms with van der Waals surface area (Å²) in [7, 11) is 1.63. The number of hydrogen-bond donors (Lipinski definition) is 0. The highest BCUT2D eigenvalue weighted by Gasteiger charge is 1.99. The van der Waals surface area contributed by atoms with Crippen LogP contribution in [0.1, 0.15) is 90.9 Å². The summed E-state index contributed by atoms with van der Waals surface area (Å²) in [6.07, 6.45) is 16.2. The first-order valence-electron chi connectivity index (χ1n) is 8.08. The average Bonchev–Trinajstić information content (AvgIpc) is 2.35. The summed E-state index contributed by atoms with van der Waals surface area (Å²) >= 11 is 0. The molecule has 0 N–H and O–H groups in total. The van der Waals surface area contributed by atoms with Gasteiger partial charge >= 0.3 is 0 Å². The van der Waals surface area contributed by atoms with E-state index in [0.29, 0.717) is 0 Å². The van der Waals surface area contributed by atoms with Crippen LogP contribution in [0.2, 0.25) is 0 Å². The minimum absolute atomic E-state index is 0.198. The molecule has 0 aliphatic rings. The Bertz CT molecular complexity index is 159. The lowest BCUT2D eigenvalue weighted by Gasteiger charge is -2.30. The molecule has 0 saturated heterocycles. The monoisotopic (exact) mass is 256 g/mol. The summed E-state index contributed by atoms with van der Waals surface area (Å²) in [6, 6.07) is 0.198. The van der Waals surface area contributed by atoms with Gasteiger partial charge in [-0.05, 0) is 19.5 Å². The van der Waals surface area contributed by atoms with E-state index >= 15 is 0 Å². The molecule has 0 spiro atoms. The standard InChI is InChI=1S/C16H34NO/c1-4-5-6-7-8-9-10-11-12-13-14-15-16(2)17(3)18/h16H,4-15H2,1-3H3/q-1. The van der Waals surface area contributed by atoms with E-state index in [2.05, 4.69) is 6.92 Å². The molecule has 0 heterocycles. The molecule has 0 fully saturated rings. The minimum atomic E-state index is 0.198. The number of rotatable bonds is 13. The predicted molar refractivity (Wildman–Crippen MR) is 81.7 cm³/mol. The van der Waals surface area contributed by atoms with Gasteiger partial charge in [-0.15, -0.1) is 0 Å².